The van der Waals surface area contributed by atoms with Crippen LogP contribution in [0.5, 0.6) is 5.75 Å². The second-order valence-corrected chi connectivity index (χ2v) is 5.62. The Kier molecular flexibility index (Phi) is 3.85. The molecule has 0 saturated heterocycles. The molecule has 0 aromatic heterocycles. The molecule has 1 saturated carbocycles. The first kappa shape index (κ1) is 11.9. The van der Waals surface area contributed by atoms with Crippen LogP contribution in [0, 0.1) is 5.82 Å². The lowest BCUT2D eigenvalue weighted by Gasteiger charge is -2.26. The monoisotopic (exact) mass is 286 g/mol. The van der Waals surface area contributed by atoms with E-state index in [1.807, 2.05) is 12.1 Å². The predicted molar refractivity (Wildman–Crippen MR) is 66.9 cm³/mol. The fraction of sp³-hybridized carbons (Fsp3) is 0.538. The van der Waals surface area contributed by atoms with E-state index < -0.39 is 0 Å². The predicted octanol–water partition coefficient (Wildman–Crippen LogP) is 4.26. The van der Waals surface area contributed by atoms with Crippen molar-refractivity contribution in [2.75, 3.05) is 7.11 Å². The van der Waals surface area contributed by atoms with Gasteiger partial charge in [-0.1, -0.05) is 34.5 Å². The van der Waals surface area contributed by atoms with Crippen LogP contribution in [-0.2, 0) is 0 Å². The molecular weight excluding hydrogens is 271 g/mol. The lowest BCUT2D eigenvalue weighted by molar-refractivity contribution is 0.375. The zero-order valence-electron chi connectivity index (χ0n) is 9.38. The van der Waals surface area contributed by atoms with Gasteiger partial charge in [-0.15, -0.1) is 0 Å². The number of hydrogen-bond donors (Lipinski definition) is 0. The Hall–Kier alpha value is -0.570. The minimum atomic E-state index is -0.184. The lowest BCUT2D eigenvalue weighted by atomic mass is 9.84. The Bertz CT molecular complexity index is 367. The molecule has 88 valence electrons. The van der Waals surface area contributed by atoms with Crippen molar-refractivity contribution in [3.8, 4) is 5.75 Å². The van der Waals surface area contributed by atoms with E-state index in [0.717, 1.165) is 24.8 Å². The summed E-state index contributed by atoms with van der Waals surface area (Å²) in [5.41, 5.74) is 0.809. The fourth-order valence-electron chi connectivity index (χ4n) is 2.41. The first-order chi connectivity index (χ1) is 7.72. The van der Waals surface area contributed by atoms with E-state index in [9.17, 15) is 4.39 Å². The molecule has 0 aliphatic heterocycles. The van der Waals surface area contributed by atoms with Crippen LogP contribution in [0.3, 0.4) is 0 Å². The van der Waals surface area contributed by atoms with Gasteiger partial charge in [-0.3, -0.25) is 0 Å². The maximum Gasteiger partial charge on any atom is 0.168 e. The van der Waals surface area contributed by atoms with Gasteiger partial charge in [0.15, 0.2) is 11.6 Å². The third-order valence-corrected chi connectivity index (χ3v) is 4.09. The zero-order chi connectivity index (χ0) is 11.5. The molecule has 1 aromatic carbocycles. The molecule has 0 bridgehead atoms. The largest absolute Gasteiger partial charge is 0.494 e. The summed E-state index contributed by atoms with van der Waals surface area (Å²) in [5, 5.41) is 0. The number of alkyl halides is 1. The maximum atomic E-state index is 14.0. The first-order valence-electron chi connectivity index (χ1n) is 5.69. The number of halogens is 2. The van der Waals surface area contributed by atoms with Crippen molar-refractivity contribution in [3.05, 3.63) is 29.6 Å². The molecule has 3 heteroatoms. The highest BCUT2D eigenvalue weighted by atomic mass is 79.9. The summed E-state index contributed by atoms with van der Waals surface area (Å²) in [6, 6.07) is 5.43. The van der Waals surface area contributed by atoms with Gasteiger partial charge in [0.05, 0.1) is 7.11 Å². The molecule has 0 amide bonds. The van der Waals surface area contributed by atoms with Gasteiger partial charge in [-0.2, -0.15) is 0 Å². The Morgan fingerprint density at radius 2 is 2.19 bits per heavy atom. The van der Waals surface area contributed by atoms with Crippen LogP contribution in [0.2, 0.25) is 0 Å². The molecule has 16 heavy (non-hydrogen) atoms. The van der Waals surface area contributed by atoms with Crippen molar-refractivity contribution >= 4 is 15.9 Å². The van der Waals surface area contributed by atoms with Crippen LogP contribution in [0.25, 0.3) is 0 Å². The van der Waals surface area contributed by atoms with Gasteiger partial charge in [0, 0.05) is 4.83 Å². The fourth-order valence-corrected chi connectivity index (χ4v) is 3.19. The molecule has 1 fully saturated rings. The number of benzene rings is 1. The van der Waals surface area contributed by atoms with Crippen LogP contribution >= 0.6 is 15.9 Å². The van der Waals surface area contributed by atoms with E-state index in [1.165, 1.54) is 13.5 Å². The van der Waals surface area contributed by atoms with E-state index in [-0.39, 0.29) is 5.82 Å². The van der Waals surface area contributed by atoms with Gasteiger partial charge in [0.2, 0.25) is 0 Å². The molecule has 2 unspecified atom stereocenters. The summed E-state index contributed by atoms with van der Waals surface area (Å²) < 4.78 is 19.1. The van der Waals surface area contributed by atoms with Gasteiger partial charge in [0.25, 0.3) is 0 Å². The maximum absolute atomic E-state index is 14.0. The first-order valence-corrected chi connectivity index (χ1v) is 6.60. The van der Waals surface area contributed by atoms with Crippen LogP contribution in [0.1, 0.15) is 37.2 Å². The second-order valence-electron chi connectivity index (χ2n) is 4.32. The molecule has 2 atom stereocenters. The molecule has 1 aliphatic carbocycles. The van der Waals surface area contributed by atoms with Crippen LogP contribution in [0.4, 0.5) is 4.39 Å². The molecule has 0 heterocycles. The van der Waals surface area contributed by atoms with Crippen molar-refractivity contribution in [2.45, 2.75) is 36.4 Å². The Morgan fingerprint density at radius 3 is 2.88 bits per heavy atom. The van der Waals surface area contributed by atoms with Crippen molar-refractivity contribution < 1.29 is 9.13 Å². The third kappa shape index (κ3) is 2.40. The Labute approximate surface area is 104 Å². The average molecular weight is 287 g/mol. The summed E-state index contributed by atoms with van der Waals surface area (Å²) in [4.78, 5) is 0.525. The molecule has 0 spiro atoms. The highest BCUT2D eigenvalue weighted by Crippen LogP contribution is 2.38. The summed E-state index contributed by atoms with van der Waals surface area (Å²) in [6.45, 7) is 0. The Balaban J connectivity index is 2.25. The number of methoxy groups -OCH3 is 1. The topological polar surface area (TPSA) is 9.23 Å². The second kappa shape index (κ2) is 5.17. The van der Waals surface area contributed by atoms with E-state index in [2.05, 4.69) is 15.9 Å². The van der Waals surface area contributed by atoms with Gasteiger partial charge in [-0.25, -0.2) is 4.39 Å². The quantitative estimate of drug-likeness (QED) is 0.739. The van der Waals surface area contributed by atoms with E-state index >= 15 is 0 Å². The summed E-state index contributed by atoms with van der Waals surface area (Å²) in [7, 11) is 1.51. The summed E-state index contributed by atoms with van der Waals surface area (Å²) >= 11 is 3.63. The van der Waals surface area contributed by atoms with Gasteiger partial charge >= 0.3 is 0 Å². The normalized spacial score (nSPS) is 25.4. The van der Waals surface area contributed by atoms with Gasteiger partial charge < -0.3 is 4.74 Å². The highest BCUT2D eigenvalue weighted by molar-refractivity contribution is 9.09. The van der Waals surface area contributed by atoms with Crippen molar-refractivity contribution in [2.24, 2.45) is 0 Å². The van der Waals surface area contributed by atoms with Gasteiger partial charge in [-0.05, 0) is 36.8 Å². The van der Waals surface area contributed by atoms with E-state index in [0.29, 0.717) is 16.5 Å². The number of hydrogen-bond acceptors (Lipinski definition) is 1. The smallest absolute Gasteiger partial charge is 0.168 e. The van der Waals surface area contributed by atoms with E-state index in [4.69, 9.17) is 4.74 Å². The molecule has 1 aliphatic rings. The molecule has 0 N–H and O–H groups in total. The van der Waals surface area contributed by atoms with Crippen molar-refractivity contribution in [1.29, 1.82) is 0 Å². The molecule has 1 nitrogen and oxygen atoms in total. The van der Waals surface area contributed by atoms with Gasteiger partial charge in [0.1, 0.15) is 0 Å². The minimum absolute atomic E-state index is 0.184. The average Bonchev–Trinajstić information content (AvgIpc) is 2.29. The molecule has 0 radical (unpaired) electrons. The number of ether oxygens (including phenoxy) is 1. The molecular formula is C13H16BrFO. The highest BCUT2D eigenvalue weighted by Gasteiger charge is 2.24. The SMILES string of the molecule is COc1cccc(C2CCCC(Br)C2)c1F. The standard InChI is InChI=1S/C13H16BrFO/c1-16-12-7-3-6-11(13(12)15)9-4-2-5-10(14)8-9/h3,6-7,9-10H,2,4-5,8H2,1H3. The van der Waals surface area contributed by atoms with Crippen LogP contribution in [0.15, 0.2) is 18.2 Å². The van der Waals surface area contributed by atoms with Crippen molar-refractivity contribution in [3.63, 3.8) is 0 Å². The van der Waals surface area contributed by atoms with Crippen molar-refractivity contribution in [1.82, 2.24) is 0 Å². The Morgan fingerprint density at radius 1 is 1.38 bits per heavy atom. The minimum Gasteiger partial charge on any atom is -0.494 e. The zero-order valence-corrected chi connectivity index (χ0v) is 11.0. The molecule has 2 rings (SSSR count). The third-order valence-electron chi connectivity index (χ3n) is 3.26. The summed E-state index contributed by atoms with van der Waals surface area (Å²) in [6.07, 6.45) is 4.45. The number of rotatable bonds is 2. The molecule has 1 aromatic rings. The van der Waals surface area contributed by atoms with Crippen LogP contribution in [-0.4, -0.2) is 11.9 Å². The van der Waals surface area contributed by atoms with Crippen LogP contribution < -0.4 is 4.74 Å². The summed E-state index contributed by atoms with van der Waals surface area (Å²) in [5.74, 6) is 0.499. The van der Waals surface area contributed by atoms with E-state index in [1.54, 1.807) is 6.07 Å². The lowest BCUT2D eigenvalue weighted by Crippen LogP contribution is -2.14.